The monoisotopic (exact) mass is 339 g/mol. The molecule has 2 heterocycles. The molecule has 0 unspecified atom stereocenters. The molecule has 1 aliphatic carbocycles. The molecule has 0 saturated carbocycles. The van der Waals surface area contributed by atoms with Crippen molar-refractivity contribution in [1.82, 2.24) is 14.7 Å². The second-order valence-corrected chi connectivity index (χ2v) is 6.93. The molecule has 0 saturated heterocycles. The normalized spacial score (nSPS) is 16.8. The van der Waals surface area contributed by atoms with E-state index in [1.807, 2.05) is 24.4 Å². The maximum atomic E-state index is 12.7. The molecule has 1 aliphatic rings. The van der Waals surface area contributed by atoms with Gasteiger partial charge in [0.2, 0.25) is 0 Å². The molecule has 0 spiro atoms. The fourth-order valence-corrected chi connectivity index (χ4v) is 4.15. The highest BCUT2D eigenvalue weighted by atomic mass is 32.1. The second kappa shape index (κ2) is 5.87. The summed E-state index contributed by atoms with van der Waals surface area (Å²) < 4.78 is 1.49. The van der Waals surface area contributed by atoms with Gasteiger partial charge in [-0.2, -0.15) is 0 Å². The molecule has 0 bridgehead atoms. The number of hydrogen-bond donors (Lipinski definition) is 1. The van der Waals surface area contributed by atoms with Crippen LogP contribution in [0.15, 0.2) is 40.6 Å². The number of nitrogens with one attached hydrogen (secondary N) is 1. The predicted octanol–water partition coefficient (Wildman–Crippen LogP) is 2.87. The number of aromatic nitrogens is 2. The second-order valence-electron chi connectivity index (χ2n) is 6.09. The summed E-state index contributed by atoms with van der Waals surface area (Å²) in [6.07, 6.45) is 4.34. The molecular formula is C18H17N3O2S. The fourth-order valence-electron chi connectivity index (χ4n) is 3.32. The molecule has 2 aromatic heterocycles. The van der Waals surface area contributed by atoms with Crippen molar-refractivity contribution in [3.8, 4) is 0 Å². The van der Waals surface area contributed by atoms with Crippen molar-refractivity contribution in [2.24, 2.45) is 0 Å². The number of benzene rings is 1. The quantitative estimate of drug-likeness (QED) is 0.781. The summed E-state index contributed by atoms with van der Waals surface area (Å²) in [7, 11) is 0. The minimum Gasteiger partial charge on any atom is -0.345 e. The lowest BCUT2D eigenvalue weighted by Gasteiger charge is -2.26. The summed E-state index contributed by atoms with van der Waals surface area (Å²) in [6.45, 7) is 1.84. The van der Waals surface area contributed by atoms with Crippen molar-refractivity contribution >= 4 is 22.2 Å². The first-order valence-electron chi connectivity index (χ1n) is 7.99. The summed E-state index contributed by atoms with van der Waals surface area (Å²) in [5.74, 6) is -0.353. The lowest BCUT2D eigenvalue weighted by atomic mass is 9.87. The van der Waals surface area contributed by atoms with Gasteiger partial charge >= 0.3 is 0 Å². The van der Waals surface area contributed by atoms with Gasteiger partial charge in [-0.05, 0) is 37.3 Å². The van der Waals surface area contributed by atoms with Gasteiger partial charge in [0.25, 0.3) is 11.5 Å². The van der Waals surface area contributed by atoms with E-state index < -0.39 is 0 Å². The molecule has 1 N–H and O–H groups in total. The Morgan fingerprint density at radius 2 is 2.21 bits per heavy atom. The SMILES string of the molecule is Cc1csc2ncc(C(=O)N[C@@H]3CCCc4ccccc43)c(=O)n12. The summed E-state index contributed by atoms with van der Waals surface area (Å²) in [5.41, 5.74) is 3.01. The van der Waals surface area contributed by atoms with Crippen molar-refractivity contribution < 1.29 is 4.79 Å². The first-order valence-corrected chi connectivity index (χ1v) is 8.87. The molecule has 1 aromatic carbocycles. The van der Waals surface area contributed by atoms with E-state index in [-0.39, 0.29) is 23.1 Å². The van der Waals surface area contributed by atoms with Crippen LogP contribution >= 0.6 is 11.3 Å². The maximum Gasteiger partial charge on any atom is 0.271 e. The van der Waals surface area contributed by atoms with Crippen LogP contribution in [0, 0.1) is 6.92 Å². The standard InChI is InChI=1S/C18H17N3O2S/c1-11-10-24-18-19-9-14(17(23)21(11)18)16(22)20-15-8-4-6-12-5-2-3-7-13(12)15/h2-3,5,7,9-10,15H,4,6,8H2,1H3,(H,20,22)/t15-/m1/s1. The highest BCUT2D eigenvalue weighted by Gasteiger charge is 2.23. The van der Waals surface area contributed by atoms with E-state index in [1.54, 1.807) is 0 Å². The van der Waals surface area contributed by atoms with Crippen molar-refractivity contribution in [2.45, 2.75) is 32.2 Å². The number of carbonyl (C=O) groups excluding carboxylic acids is 1. The van der Waals surface area contributed by atoms with Crippen LogP contribution < -0.4 is 10.9 Å². The third-order valence-corrected chi connectivity index (χ3v) is 5.49. The molecule has 1 atom stereocenters. The molecule has 4 rings (SSSR count). The van der Waals surface area contributed by atoms with Gasteiger partial charge in [-0.25, -0.2) is 4.98 Å². The molecule has 122 valence electrons. The van der Waals surface area contributed by atoms with Gasteiger partial charge in [-0.1, -0.05) is 24.3 Å². The topological polar surface area (TPSA) is 63.5 Å². The van der Waals surface area contributed by atoms with Gasteiger partial charge in [0.1, 0.15) is 5.56 Å². The van der Waals surface area contributed by atoms with Gasteiger partial charge in [0.05, 0.1) is 6.04 Å². The van der Waals surface area contributed by atoms with Gasteiger partial charge < -0.3 is 5.32 Å². The number of rotatable bonds is 2. The van der Waals surface area contributed by atoms with Crippen molar-refractivity contribution in [3.63, 3.8) is 0 Å². The maximum absolute atomic E-state index is 12.7. The molecule has 5 nitrogen and oxygen atoms in total. The summed E-state index contributed by atoms with van der Waals surface area (Å²) >= 11 is 1.40. The first-order chi connectivity index (χ1) is 11.6. The Morgan fingerprint density at radius 3 is 3.08 bits per heavy atom. The fraction of sp³-hybridized carbons (Fsp3) is 0.278. The molecule has 0 fully saturated rings. The van der Waals surface area contributed by atoms with Crippen LogP contribution in [-0.4, -0.2) is 15.3 Å². The molecule has 0 radical (unpaired) electrons. The van der Waals surface area contributed by atoms with Crippen LogP contribution in [0.2, 0.25) is 0 Å². The Morgan fingerprint density at radius 1 is 1.38 bits per heavy atom. The van der Waals surface area contributed by atoms with E-state index >= 15 is 0 Å². The van der Waals surface area contributed by atoms with E-state index in [4.69, 9.17) is 0 Å². The number of thiazole rings is 1. The Kier molecular flexibility index (Phi) is 3.69. The number of aryl methyl sites for hydroxylation is 2. The minimum absolute atomic E-state index is 0.0499. The van der Waals surface area contributed by atoms with Gasteiger partial charge in [-0.15, -0.1) is 11.3 Å². The molecule has 24 heavy (non-hydrogen) atoms. The molecule has 0 aliphatic heterocycles. The molecule has 3 aromatic rings. The smallest absolute Gasteiger partial charge is 0.271 e. The predicted molar refractivity (Wildman–Crippen MR) is 93.7 cm³/mol. The molecule has 6 heteroatoms. The van der Waals surface area contributed by atoms with E-state index in [9.17, 15) is 9.59 Å². The summed E-state index contributed by atoms with van der Waals surface area (Å²) in [4.78, 5) is 30.1. The van der Waals surface area contributed by atoms with E-state index in [0.29, 0.717) is 4.96 Å². The Balaban J connectivity index is 1.67. The zero-order chi connectivity index (χ0) is 16.7. The largest absolute Gasteiger partial charge is 0.345 e. The molecule has 1 amide bonds. The van der Waals surface area contributed by atoms with Crippen molar-refractivity contribution in [3.05, 3.63) is 68.6 Å². The van der Waals surface area contributed by atoms with Crippen molar-refractivity contribution in [2.75, 3.05) is 0 Å². The zero-order valence-corrected chi connectivity index (χ0v) is 14.1. The number of carbonyl (C=O) groups is 1. The Bertz CT molecular complexity index is 989. The Hall–Kier alpha value is -2.47. The van der Waals surface area contributed by atoms with Crippen LogP contribution in [-0.2, 0) is 6.42 Å². The average Bonchev–Trinajstić information content (AvgIpc) is 2.97. The van der Waals surface area contributed by atoms with Gasteiger partial charge in [-0.3, -0.25) is 14.0 Å². The highest BCUT2D eigenvalue weighted by molar-refractivity contribution is 7.15. The van der Waals surface area contributed by atoms with E-state index in [0.717, 1.165) is 30.5 Å². The van der Waals surface area contributed by atoms with Crippen molar-refractivity contribution in [1.29, 1.82) is 0 Å². The van der Waals surface area contributed by atoms with Crippen LogP contribution in [0.3, 0.4) is 0 Å². The number of amides is 1. The number of nitrogens with zero attached hydrogens (tertiary/aromatic N) is 2. The van der Waals surface area contributed by atoms with Crippen LogP contribution in [0.4, 0.5) is 0 Å². The van der Waals surface area contributed by atoms with Crippen LogP contribution in [0.1, 0.15) is 46.1 Å². The highest BCUT2D eigenvalue weighted by Crippen LogP contribution is 2.29. The summed E-state index contributed by atoms with van der Waals surface area (Å²) in [5, 5.41) is 4.88. The third kappa shape index (κ3) is 2.43. The minimum atomic E-state index is -0.353. The first kappa shape index (κ1) is 15.1. The van der Waals surface area contributed by atoms with Crippen LogP contribution in [0.5, 0.6) is 0 Å². The summed E-state index contributed by atoms with van der Waals surface area (Å²) in [6, 6.07) is 8.11. The van der Waals surface area contributed by atoms with Crippen LogP contribution in [0.25, 0.3) is 4.96 Å². The van der Waals surface area contributed by atoms with Gasteiger partial charge in [0.15, 0.2) is 4.96 Å². The van der Waals surface area contributed by atoms with E-state index in [1.165, 1.54) is 27.5 Å². The zero-order valence-electron chi connectivity index (χ0n) is 13.3. The lowest BCUT2D eigenvalue weighted by molar-refractivity contribution is 0.0930. The molecular weight excluding hydrogens is 322 g/mol. The Labute approximate surface area is 143 Å². The average molecular weight is 339 g/mol. The number of fused-ring (bicyclic) bond motifs is 2. The van der Waals surface area contributed by atoms with E-state index in [2.05, 4.69) is 22.4 Å². The number of hydrogen-bond acceptors (Lipinski definition) is 4. The third-order valence-electron chi connectivity index (χ3n) is 4.54. The lowest BCUT2D eigenvalue weighted by Crippen LogP contribution is -2.35. The van der Waals surface area contributed by atoms with Gasteiger partial charge in [0, 0.05) is 17.3 Å².